The number of benzene rings is 1. The Hall–Kier alpha value is -1.31. The maximum atomic E-state index is 12.6. The van der Waals surface area contributed by atoms with Crippen LogP contribution in [0.3, 0.4) is 0 Å². The van der Waals surface area contributed by atoms with Crippen LogP contribution in [0.5, 0.6) is 0 Å². The van der Waals surface area contributed by atoms with Crippen molar-refractivity contribution >= 4 is 27.5 Å². The molecule has 22 heavy (non-hydrogen) atoms. The van der Waals surface area contributed by atoms with Crippen LogP contribution in [0.4, 0.5) is 4.79 Å². The van der Waals surface area contributed by atoms with E-state index < -0.39 is 15.1 Å². The van der Waals surface area contributed by atoms with E-state index in [1.807, 2.05) is 0 Å². The molecule has 1 aromatic rings. The smallest absolute Gasteiger partial charge is 0.317 e. The molecule has 0 aromatic heterocycles. The number of nitrogens with one attached hydrogen (secondary N) is 1. The molecule has 122 valence electrons. The minimum Gasteiger partial charge on any atom is -0.383 e. The second kappa shape index (κ2) is 7.30. The van der Waals surface area contributed by atoms with Gasteiger partial charge in [0.2, 0.25) is 0 Å². The molecule has 1 saturated heterocycles. The molecule has 1 aliphatic heterocycles. The van der Waals surface area contributed by atoms with E-state index in [4.69, 9.17) is 16.3 Å². The Morgan fingerprint density at radius 3 is 2.73 bits per heavy atom. The third kappa shape index (κ3) is 3.91. The molecule has 0 bridgehead atoms. The number of sulfone groups is 1. The van der Waals surface area contributed by atoms with E-state index in [-0.39, 0.29) is 17.5 Å². The molecule has 6 nitrogen and oxygen atoms in total. The second-order valence-corrected chi connectivity index (χ2v) is 7.74. The summed E-state index contributed by atoms with van der Waals surface area (Å²) in [6, 6.07) is 5.85. The number of ether oxygens (including phenoxy) is 1. The van der Waals surface area contributed by atoms with Gasteiger partial charge in [0.1, 0.15) is 0 Å². The monoisotopic (exact) mass is 346 g/mol. The third-order valence-corrected chi connectivity index (χ3v) is 6.04. The number of carbonyl (C=O) groups is 1. The summed E-state index contributed by atoms with van der Waals surface area (Å²) in [5, 5.41) is 2.60. The number of rotatable bonds is 5. The predicted octanol–water partition coefficient (Wildman–Crippen LogP) is 1.54. The highest BCUT2D eigenvalue weighted by Crippen LogP contribution is 2.25. The molecule has 1 atom stereocenters. The van der Waals surface area contributed by atoms with Crippen molar-refractivity contribution in [1.82, 2.24) is 10.2 Å². The summed E-state index contributed by atoms with van der Waals surface area (Å²) in [6.45, 7) is 1.45. The molecular weight excluding hydrogens is 328 g/mol. The summed E-state index contributed by atoms with van der Waals surface area (Å²) >= 11 is 5.78. The summed E-state index contributed by atoms with van der Waals surface area (Å²) in [6.07, 6.45) is 0.433. The molecule has 8 heteroatoms. The van der Waals surface area contributed by atoms with Crippen molar-refractivity contribution < 1.29 is 17.9 Å². The van der Waals surface area contributed by atoms with E-state index in [1.54, 1.807) is 19.2 Å². The average molecular weight is 347 g/mol. The third-order valence-electron chi connectivity index (χ3n) is 3.60. The largest absolute Gasteiger partial charge is 0.383 e. The van der Waals surface area contributed by atoms with Crippen molar-refractivity contribution in [3.8, 4) is 0 Å². The zero-order valence-corrected chi connectivity index (χ0v) is 13.9. The van der Waals surface area contributed by atoms with Crippen LogP contribution in [0, 0.1) is 0 Å². The quantitative estimate of drug-likeness (QED) is 0.821. The van der Waals surface area contributed by atoms with Gasteiger partial charge in [-0.25, -0.2) is 13.2 Å². The lowest BCUT2D eigenvalue weighted by Gasteiger charge is -2.17. The first-order valence-corrected chi connectivity index (χ1v) is 8.88. The van der Waals surface area contributed by atoms with Crippen LogP contribution in [0.1, 0.15) is 6.42 Å². The van der Waals surface area contributed by atoms with Gasteiger partial charge in [-0.1, -0.05) is 11.6 Å². The Labute approximate surface area is 135 Å². The Bertz CT molecular complexity index is 618. The highest BCUT2D eigenvalue weighted by atomic mass is 35.5. The van der Waals surface area contributed by atoms with Crippen LogP contribution in [-0.4, -0.2) is 57.9 Å². The Kier molecular flexibility index (Phi) is 5.66. The predicted molar refractivity (Wildman–Crippen MR) is 83.9 cm³/mol. The van der Waals surface area contributed by atoms with Gasteiger partial charge in [-0.3, -0.25) is 0 Å². The highest BCUT2D eigenvalue weighted by molar-refractivity contribution is 7.92. The van der Waals surface area contributed by atoms with Crippen molar-refractivity contribution in [2.24, 2.45) is 0 Å². The number of likely N-dealkylation sites (tertiary alicyclic amines) is 1. The van der Waals surface area contributed by atoms with Gasteiger partial charge in [-0.05, 0) is 30.7 Å². The number of hydrogen-bond donors (Lipinski definition) is 1. The summed E-state index contributed by atoms with van der Waals surface area (Å²) in [5.74, 6) is 0. The van der Waals surface area contributed by atoms with E-state index in [1.165, 1.54) is 17.0 Å². The summed E-state index contributed by atoms with van der Waals surface area (Å²) in [4.78, 5) is 13.7. The Morgan fingerprint density at radius 2 is 2.09 bits per heavy atom. The normalized spacial score (nSPS) is 18.5. The topological polar surface area (TPSA) is 75.7 Å². The van der Waals surface area contributed by atoms with Crippen molar-refractivity contribution in [1.29, 1.82) is 0 Å². The number of amides is 2. The summed E-state index contributed by atoms with van der Waals surface area (Å²) in [5.41, 5.74) is 0. The summed E-state index contributed by atoms with van der Waals surface area (Å²) in [7, 11) is -1.90. The van der Waals surface area contributed by atoms with Gasteiger partial charge < -0.3 is 15.0 Å². The number of urea groups is 1. The number of nitrogens with zero attached hydrogens (tertiary/aromatic N) is 1. The maximum absolute atomic E-state index is 12.6. The molecule has 1 fully saturated rings. The fourth-order valence-electron chi connectivity index (χ4n) is 2.35. The molecule has 0 spiro atoms. The van der Waals surface area contributed by atoms with Gasteiger partial charge >= 0.3 is 6.03 Å². The zero-order chi connectivity index (χ0) is 16.2. The molecule has 2 rings (SSSR count). The van der Waals surface area contributed by atoms with Gasteiger partial charge in [0, 0.05) is 31.8 Å². The fourth-order valence-corrected chi connectivity index (χ4v) is 4.17. The highest BCUT2D eigenvalue weighted by Gasteiger charge is 2.36. The van der Waals surface area contributed by atoms with Crippen molar-refractivity contribution in [3.63, 3.8) is 0 Å². The lowest BCUT2D eigenvalue weighted by molar-refractivity contribution is 0.185. The molecular formula is C14H19ClN2O4S. The van der Waals surface area contributed by atoms with Crippen LogP contribution < -0.4 is 5.32 Å². The average Bonchev–Trinajstić information content (AvgIpc) is 2.98. The fraction of sp³-hybridized carbons (Fsp3) is 0.500. The number of hydrogen-bond acceptors (Lipinski definition) is 4. The van der Waals surface area contributed by atoms with Crippen molar-refractivity contribution in [2.75, 3.05) is 33.4 Å². The summed E-state index contributed by atoms with van der Waals surface area (Å²) < 4.78 is 30.0. The van der Waals surface area contributed by atoms with E-state index >= 15 is 0 Å². The van der Waals surface area contributed by atoms with Crippen LogP contribution >= 0.6 is 11.6 Å². The zero-order valence-electron chi connectivity index (χ0n) is 12.3. The van der Waals surface area contributed by atoms with Crippen LogP contribution in [-0.2, 0) is 14.6 Å². The van der Waals surface area contributed by atoms with E-state index in [0.29, 0.717) is 31.1 Å². The van der Waals surface area contributed by atoms with Crippen molar-refractivity contribution in [2.45, 2.75) is 16.6 Å². The maximum Gasteiger partial charge on any atom is 0.317 e. The Balaban J connectivity index is 2.00. The first-order valence-electron chi connectivity index (χ1n) is 6.96. The molecule has 0 radical (unpaired) electrons. The number of halogens is 1. The SMILES string of the molecule is COCCNC(=O)N1CCC(S(=O)(=O)c2ccc(Cl)cc2)C1. The first kappa shape index (κ1) is 17.1. The molecule has 0 aliphatic carbocycles. The molecule has 1 aromatic carbocycles. The van der Waals surface area contributed by atoms with Gasteiger partial charge in [0.05, 0.1) is 16.8 Å². The first-order chi connectivity index (χ1) is 10.4. The second-order valence-electron chi connectivity index (χ2n) is 5.08. The molecule has 1 unspecified atom stereocenters. The lowest BCUT2D eigenvalue weighted by Crippen LogP contribution is -2.40. The molecule has 1 N–H and O–H groups in total. The van der Waals surface area contributed by atoms with Gasteiger partial charge in [0.15, 0.2) is 9.84 Å². The molecule has 2 amide bonds. The molecule has 1 heterocycles. The minimum atomic E-state index is -3.45. The Morgan fingerprint density at radius 1 is 1.41 bits per heavy atom. The van der Waals surface area contributed by atoms with Gasteiger partial charge in [-0.15, -0.1) is 0 Å². The van der Waals surface area contributed by atoms with Crippen LogP contribution in [0.15, 0.2) is 29.2 Å². The molecule has 0 saturated carbocycles. The van der Waals surface area contributed by atoms with Crippen LogP contribution in [0.25, 0.3) is 0 Å². The van der Waals surface area contributed by atoms with Crippen LogP contribution in [0.2, 0.25) is 5.02 Å². The lowest BCUT2D eigenvalue weighted by atomic mass is 10.4. The van der Waals surface area contributed by atoms with Gasteiger partial charge in [0.25, 0.3) is 0 Å². The van der Waals surface area contributed by atoms with E-state index in [2.05, 4.69) is 5.32 Å². The van der Waals surface area contributed by atoms with Crippen molar-refractivity contribution in [3.05, 3.63) is 29.3 Å². The number of methoxy groups -OCH3 is 1. The number of carbonyl (C=O) groups excluding carboxylic acids is 1. The minimum absolute atomic E-state index is 0.198. The van der Waals surface area contributed by atoms with E-state index in [9.17, 15) is 13.2 Å². The molecule has 1 aliphatic rings. The van der Waals surface area contributed by atoms with Gasteiger partial charge in [-0.2, -0.15) is 0 Å². The van der Waals surface area contributed by atoms with E-state index in [0.717, 1.165) is 0 Å². The standard InChI is InChI=1S/C14H19ClN2O4S/c1-21-9-7-16-14(18)17-8-6-13(10-17)22(19,20)12-4-2-11(15)3-5-12/h2-5,13H,6-10H2,1H3,(H,16,18).